The molecule has 0 spiro atoms. The molecule has 0 aliphatic carbocycles. The molecule has 0 unspecified atom stereocenters. The van der Waals surface area contributed by atoms with Crippen molar-refractivity contribution in [2.75, 3.05) is 0 Å². The van der Waals surface area contributed by atoms with Crippen molar-refractivity contribution < 1.29 is 9.90 Å². The second kappa shape index (κ2) is 2.82. The van der Waals surface area contributed by atoms with Crippen LogP contribution in [0.3, 0.4) is 0 Å². The Balaban J connectivity index is 3.31. The molecular weight excluding hydrogens is 138 g/mol. The van der Waals surface area contributed by atoms with E-state index < -0.39 is 0 Å². The summed E-state index contributed by atoms with van der Waals surface area (Å²) in [6.45, 7) is 0. The van der Waals surface area contributed by atoms with Crippen LogP contribution in [0.25, 0.3) is 0 Å². The van der Waals surface area contributed by atoms with Crippen molar-refractivity contribution in [1.82, 2.24) is 0 Å². The number of phenols is 1. The fraction of sp³-hybridized carbons (Fsp3) is 0. The Kier molecular flexibility index (Phi) is 2.03. The number of hydrogen-bond acceptors (Lipinski definition) is 2. The smallest absolute Gasteiger partial charge is 0.150 e. The normalized spacial score (nSPS) is 9.45. The summed E-state index contributed by atoms with van der Waals surface area (Å²) in [5.74, 6) is 0.274. The second-order valence-corrected chi connectivity index (χ2v) is 2.62. The van der Waals surface area contributed by atoms with Crippen LogP contribution >= 0.6 is 0 Å². The lowest BCUT2D eigenvalue weighted by atomic mass is 9.84. The number of aldehydes is 1. The lowest BCUT2D eigenvalue weighted by Crippen LogP contribution is -2.16. The molecule has 0 heterocycles. The monoisotopic (exact) mass is 146 g/mol. The predicted molar refractivity (Wildman–Crippen MR) is 49.9 cm³/mol. The highest BCUT2D eigenvalue weighted by Gasteiger charge is 2.00. The number of carbonyl (C=O) groups is 1. The fourth-order valence-corrected chi connectivity index (χ4v) is 1.06. The first-order valence-corrected chi connectivity index (χ1v) is 3.40. The highest BCUT2D eigenvalue weighted by Crippen LogP contribution is 2.00. The van der Waals surface area contributed by atoms with Gasteiger partial charge in [0.1, 0.15) is 27.7 Å². The van der Waals surface area contributed by atoms with E-state index in [4.69, 9.17) is 0 Å². The van der Waals surface area contributed by atoms with Gasteiger partial charge in [0.15, 0.2) is 0 Å². The zero-order valence-corrected chi connectivity index (χ0v) is 6.59. The summed E-state index contributed by atoms with van der Waals surface area (Å²) in [4.78, 5) is 10.3. The maximum absolute atomic E-state index is 10.3. The molecule has 0 atom stereocenters. The maximum atomic E-state index is 10.3. The van der Waals surface area contributed by atoms with Crippen molar-refractivity contribution in [2.45, 2.75) is 0 Å². The standard InChI is InChI=1S/C7H8B2O2/c8-5-1-4(3-10)2-6(9)7(5)11/h1-3,11H,8-9H2. The zero-order chi connectivity index (χ0) is 8.43. The van der Waals surface area contributed by atoms with Crippen LogP contribution in [0.15, 0.2) is 12.1 Å². The highest BCUT2D eigenvalue weighted by atomic mass is 16.3. The molecule has 0 aliphatic rings. The number of phenolic OH excluding ortho intramolecular Hbond substituents is 1. The molecule has 2 nitrogen and oxygen atoms in total. The Bertz CT molecular complexity index is 273. The van der Waals surface area contributed by atoms with Crippen molar-refractivity contribution in [1.29, 1.82) is 0 Å². The van der Waals surface area contributed by atoms with E-state index in [9.17, 15) is 9.90 Å². The van der Waals surface area contributed by atoms with Crippen molar-refractivity contribution in [3.05, 3.63) is 17.7 Å². The van der Waals surface area contributed by atoms with E-state index in [2.05, 4.69) is 0 Å². The fourth-order valence-electron chi connectivity index (χ4n) is 1.06. The first-order valence-electron chi connectivity index (χ1n) is 3.40. The average molecular weight is 146 g/mol. The number of aromatic hydroxyl groups is 1. The van der Waals surface area contributed by atoms with E-state index in [1.165, 1.54) is 0 Å². The Hall–Kier alpha value is -1.18. The average Bonchev–Trinajstić information content (AvgIpc) is 1.99. The molecule has 54 valence electrons. The van der Waals surface area contributed by atoms with Gasteiger partial charge >= 0.3 is 0 Å². The van der Waals surface area contributed by atoms with Crippen molar-refractivity contribution in [3.8, 4) is 5.75 Å². The number of hydrogen-bond donors (Lipinski definition) is 1. The molecule has 0 saturated heterocycles. The Morgan fingerprint density at radius 3 is 2.09 bits per heavy atom. The van der Waals surface area contributed by atoms with Crippen LogP contribution in [0.5, 0.6) is 5.75 Å². The SMILES string of the molecule is Bc1cc(C=O)cc(B)c1O. The second-order valence-electron chi connectivity index (χ2n) is 2.62. The van der Waals surface area contributed by atoms with Crippen LogP contribution in [0.4, 0.5) is 0 Å². The van der Waals surface area contributed by atoms with Crippen molar-refractivity contribution in [2.24, 2.45) is 0 Å². The topological polar surface area (TPSA) is 37.3 Å². The van der Waals surface area contributed by atoms with E-state index in [1.807, 2.05) is 0 Å². The third-order valence-electron chi connectivity index (χ3n) is 1.65. The molecule has 1 aromatic rings. The van der Waals surface area contributed by atoms with Gasteiger partial charge in [0.05, 0.1) is 0 Å². The van der Waals surface area contributed by atoms with Gasteiger partial charge in [0.25, 0.3) is 0 Å². The molecule has 0 amide bonds. The zero-order valence-electron chi connectivity index (χ0n) is 6.59. The quantitative estimate of drug-likeness (QED) is 0.358. The Labute approximate surface area is 67.1 Å². The molecule has 0 aliphatic heterocycles. The first kappa shape index (κ1) is 7.92. The van der Waals surface area contributed by atoms with Gasteiger partial charge in [0.2, 0.25) is 0 Å². The molecule has 4 heteroatoms. The predicted octanol–water partition coefficient (Wildman–Crippen LogP) is -2.28. The molecule has 1 rings (SSSR count). The van der Waals surface area contributed by atoms with Crippen LogP contribution < -0.4 is 10.9 Å². The number of rotatable bonds is 1. The summed E-state index contributed by atoms with van der Waals surface area (Å²) in [6.07, 6.45) is 0.777. The Morgan fingerprint density at radius 1 is 1.27 bits per heavy atom. The summed E-state index contributed by atoms with van der Waals surface area (Å²) in [7, 11) is 3.55. The molecule has 0 fully saturated rings. The van der Waals surface area contributed by atoms with E-state index in [-0.39, 0.29) is 5.75 Å². The first-order chi connectivity index (χ1) is 5.15. The largest absolute Gasteiger partial charge is 0.509 e. The van der Waals surface area contributed by atoms with Gasteiger partial charge < -0.3 is 5.11 Å². The van der Waals surface area contributed by atoms with E-state index in [0.717, 1.165) is 17.2 Å². The molecular formula is C7H8B2O2. The molecule has 0 aromatic heterocycles. The number of carbonyl (C=O) groups excluding carboxylic acids is 1. The molecule has 1 N–H and O–H groups in total. The van der Waals surface area contributed by atoms with E-state index >= 15 is 0 Å². The third kappa shape index (κ3) is 1.45. The van der Waals surface area contributed by atoms with Gasteiger partial charge in [-0.25, -0.2) is 0 Å². The Morgan fingerprint density at radius 2 is 1.73 bits per heavy atom. The van der Waals surface area contributed by atoms with Crippen LogP contribution in [-0.2, 0) is 0 Å². The van der Waals surface area contributed by atoms with Crippen molar-refractivity contribution in [3.63, 3.8) is 0 Å². The minimum atomic E-state index is 0.274. The van der Waals surface area contributed by atoms with Crippen molar-refractivity contribution >= 4 is 32.9 Å². The van der Waals surface area contributed by atoms with Gasteiger partial charge in [-0.05, 0) is 10.9 Å². The van der Waals surface area contributed by atoms with Crippen LogP contribution in [0.1, 0.15) is 10.4 Å². The van der Waals surface area contributed by atoms with Gasteiger partial charge in [-0.1, -0.05) is 12.1 Å². The van der Waals surface area contributed by atoms with Crippen LogP contribution in [-0.4, -0.2) is 27.1 Å². The van der Waals surface area contributed by atoms with Crippen LogP contribution in [0.2, 0.25) is 0 Å². The summed E-state index contributed by atoms with van der Waals surface area (Å²) >= 11 is 0. The van der Waals surface area contributed by atoms with Gasteiger partial charge in [-0.3, -0.25) is 4.79 Å². The molecule has 0 saturated carbocycles. The van der Waals surface area contributed by atoms with Gasteiger partial charge in [-0.2, -0.15) is 0 Å². The third-order valence-corrected chi connectivity index (χ3v) is 1.65. The van der Waals surface area contributed by atoms with Gasteiger partial charge in [-0.15, -0.1) is 0 Å². The lowest BCUT2D eigenvalue weighted by Gasteiger charge is -2.03. The summed E-state index contributed by atoms with van der Waals surface area (Å²) in [6, 6.07) is 3.32. The number of benzene rings is 1. The van der Waals surface area contributed by atoms with E-state index in [1.54, 1.807) is 27.8 Å². The highest BCUT2D eigenvalue weighted by molar-refractivity contribution is 6.41. The minimum absolute atomic E-state index is 0.274. The summed E-state index contributed by atoms with van der Waals surface area (Å²) in [5.41, 5.74) is 2.09. The lowest BCUT2D eigenvalue weighted by molar-refractivity contribution is 0.112. The molecule has 11 heavy (non-hydrogen) atoms. The molecule has 1 aromatic carbocycles. The van der Waals surface area contributed by atoms with E-state index in [0.29, 0.717) is 5.56 Å². The minimum Gasteiger partial charge on any atom is -0.509 e. The van der Waals surface area contributed by atoms with Crippen LogP contribution in [0, 0.1) is 0 Å². The summed E-state index contributed by atoms with van der Waals surface area (Å²) < 4.78 is 0. The maximum Gasteiger partial charge on any atom is 0.150 e. The summed E-state index contributed by atoms with van der Waals surface area (Å²) in [5, 5.41) is 9.31. The molecule has 0 bridgehead atoms. The van der Waals surface area contributed by atoms with Gasteiger partial charge in [0, 0.05) is 5.56 Å². The molecule has 0 radical (unpaired) electrons.